The average molecular weight is 483 g/mol. The van der Waals surface area contributed by atoms with Crippen molar-refractivity contribution in [2.75, 3.05) is 11.9 Å². The lowest BCUT2D eigenvalue weighted by Gasteiger charge is -2.22. The van der Waals surface area contributed by atoms with Crippen molar-refractivity contribution in [2.45, 2.75) is 39.4 Å². The number of carbonyl (C=O) groups is 3. The minimum absolute atomic E-state index is 0.168. The van der Waals surface area contributed by atoms with Gasteiger partial charge in [-0.05, 0) is 38.0 Å². The Balaban J connectivity index is 1.54. The standard InChI is InChI=1S/C29H30N4O3/c1-18-14-15-19(2)22(16-18)17-25(34)30-20(3)28(35)32-27-29(36)33(4)24-13-9-8-12-23(24)26(31-27)21-10-6-5-7-11-21/h5-16,20,27H,17H2,1-4H3,(H,30,34)(H,32,35)/t20-,27+/m0/s1. The van der Waals surface area contributed by atoms with Gasteiger partial charge in [0.2, 0.25) is 18.0 Å². The van der Waals surface area contributed by atoms with Crippen LogP contribution in [0.1, 0.15) is 34.7 Å². The number of amides is 3. The Labute approximate surface area is 211 Å². The van der Waals surface area contributed by atoms with Gasteiger partial charge in [0.05, 0.1) is 17.8 Å². The molecule has 1 aliphatic heterocycles. The maximum atomic E-state index is 13.3. The van der Waals surface area contributed by atoms with Gasteiger partial charge in [0.1, 0.15) is 6.04 Å². The summed E-state index contributed by atoms with van der Waals surface area (Å²) in [6.07, 6.45) is -0.967. The van der Waals surface area contributed by atoms with Gasteiger partial charge in [0.15, 0.2) is 0 Å². The summed E-state index contributed by atoms with van der Waals surface area (Å²) in [5, 5.41) is 5.47. The van der Waals surface area contributed by atoms with Crippen molar-refractivity contribution < 1.29 is 14.4 Å². The second-order valence-corrected chi connectivity index (χ2v) is 9.07. The van der Waals surface area contributed by atoms with Gasteiger partial charge in [-0.1, -0.05) is 72.3 Å². The van der Waals surface area contributed by atoms with E-state index in [0.29, 0.717) is 11.4 Å². The molecule has 0 saturated carbocycles. The van der Waals surface area contributed by atoms with E-state index in [-0.39, 0.29) is 18.2 Å². The number of carbonyl (C=O) groups excluding carboxylic acids is 3. The molecule has 7 nitrogen and oxygen atoms in total. The third-order valence-electron chi connectivity index (χ3n) is 6.30. The van der Waals surface area contributed by atoms with Crippen LogP contribution in [0.25, 0.3) is 0 Å². The Morgan fingerprint density at radius 2 is 1.69 bits per heavy atom. The number of nitrogens with zero attached hydrogens (tertiary/aromatic N) is 2. The molecule has 0 saturated heterocycles. The number of anilines is 1. The van der Waals surface area contributed by atoms with Crippen LogP contribution in [0, 0.1) is 13.8 Å². The molecular weight excluding hydrogens is 452 g/mol. The average Bonchev–Trinajstić information content (AvgIpc) is 2.97. The van der Waals surface area contributed by atoms with Crippen LogP contribution < -0.4 is 15.5 Å². The molecule has 184 valence electrons. The van der Waals surface area contributed by atoms with Crippen LogP contribution in [0.15, 0.2) is 77.8 Å². The molecule has 3 aromatic carbocycles. The quantitative estimate of drug-likeness (QED) is 0.565. The molecule has 1 heterocycles. The van der Waals surface area contributed by atoms with Gasteiger partial charge >= 0.3 is 0 Å². The third kappa shape index (κ3) is 5.35. The number of aryl methyl sites for hydroxylation is 2. The summed E-state index contributed by atoms with van der Waals surface area (Å²) in [5.41, 5.74) is 5.95. The van der Waals surface area contributed by atoms with E-state index in [4.69, 9.17) is 0 Å². The van der Waals surface area contributed by atoms with Gasteiger partial charge in [-0.25, -0.2) is 4.99 Å². The van der Waals surface area contributed by atoms with Crippen molar-refractivity contribution in [3.05, 3.63) is 101 Å². The molecule has 0 radical (unpaired) electrons. The highest BCUT2D eigenvalue weighted by Gasteiger charge is 2.32. The van der Waals surface area contributed by atoms with Crippen LogP contribution in [0.2, 0.25) is 0 Å². The first-order valence-electron chi connectivity index (χ1n) is 11.9. The Kier molecular flexibility index (Phi) is 7.29. The van der Waals surface area contributed by atoms with Gasteiger partial charge in [-0.3, -0.25) is 14.4 Å². The van der Waals surface area contributed by atoms with E-state index in [1.165, 1.54) is 4.90 Å². The largest absolute Gasteiger partial charge is 0.344 e. The number of benzodiazepines with no additional fused rings is 1. The minimum atomic E-state index is -1.14. The number of fused-ring (bicyclic) bond motifs is 1. The summed E-state index contributed by atoms with van der Waals surface area (Å²) in [7, 11) is 1.67. The lowest BCUT2D eigenvalue weighted by Crippen LogP contribution is -2.52. The molecule has 0 aromatic heterocycles. The topological polar surface area (TPSA) is 90.9 Å². The van der Waals surface area contributed by atoms with Crippen LogP contribution in [0.5, 0.6) is 0 Å². The summed E-state index contributed by atoms with van der Waals surface area (Å²) in [5.74, 6) is -1.12. The van der Waals surface area contributed by atoms with Gasteiger partial charge < -0.3 is 15.5 Å². The van der Waals surface area contributed by atoms with Crippen molar-refractivity contribution in [1.82, 2.24) is 10.6 Å². The molecule has 0 unspecified atom stereocenters. The fourth-order valence-corrected chi connectivity index (χ4v) is 4.22. The van der Waals surface area contributed by atoms with Crippen molar-refractivity contribution in [3.8, 4) is 0 Å². The summed E-state index contributed by atoms with van der Waals surface area (Å²) in [4.78, 5) is 45.2. The Hall–Kier alpha value is -4.26. The highest BCUT2D eigenvalue weighted by Crippen LogP contribution is 2.27. The smallest absolute Gasteiger partial charge is 0.272 e. The number of rotatable bonds is 6. The van der Waals surface area contributed by atoms with Gasteiger partial charge in [-0.15, -0.1) is 0 Å². The maximum absolute atomic E-state index is 13.3. The lowest BCUT2D eigenvalue weighted by molar-refractivity contribution is -0.130. The molecule has 0 bridgehead atoms. The van der Waals surface area contributed by atoms with Crippen molar-refractivity contribution in [3.63, 3.8) is 0 Å². The van der Waals surface area contributed by atoms with E-state index in [0.717, 1.165) is 27.8 Å². The number of para-hydroxylation sites is 1. The zero-order chi connectivity index (χ0) is 25.8. The Bertz CT molecular complexity index is 1330. The first kappa shape index (κ1) is 24.9. The molecule has 0 spiro atoms. The molecule has 4 rings (SSSR count). The predicted octanol–water partition coefficient (Wildman–Crippen LogP) is 3.31. The zero-order valence-electron chi connectivity index (χ0n) is 20.9. The summed E-state index contributed by atoms with van der Waals surface area (Å²) >= 11 is 0. The van der Waals surface area contributed by atoms with E-state index in [2.05, 4.69) is 15.6 Å². The molecule has 3 amide bonds. The number of hydrogen-bond donors (Lipinski definition) is 2. The first-order valence-corrected chi connectivity index (χ1v) is 11.9. The van der Waals surface area contributed by atoms with E-state index in [9.17, 15) is 14.4 Å². The molecule has 36 heavy (non-hydrogen) atoms. The van der Waals surface area contributed by atoms with Crippen LogP contribution >= 0.6 is 0 Å². The van der Waals surface area contributed by atoms with Gasteiger partial charge in [0, 0.05) is 18.2 Å². The molecule has 7 heteroatoms. The number of benzene rings is 3. The third-order valence-corrected chi connectivity index (χ3v) is 6.30. The second kappa shape index (κ2) is 10.6. The Morgan fingerprint density at radius 1 is 1.00 bits per heavy atom. The van der Waals surface area contributed by atoms with Gasteiger partial charge in [-0.2, -0.15) is 0 Å². The molecule has 0 fully saturated rings. The fourth-order valence-electron chi connectivity index (χ4n) is 4.22. The molecule has 2 atom stereocenters. The normalized spacial score (nSPS) is 15.9. The predicted molar refractivity (Wildman–Crippen MR) is 141 cm³/mol. The van der Waals surface area contributed by atoms with E-state index in [1.807, 2.05) is 86.6 Å². The molecule has 2 N–H and O–H groups in total. The van der Waals surface area contributed by atoms with E-state index in [1.54, 1.807) is 14.0 Å². The number of hydrogen-bond acceptors (Lipinski definition) is 4. The zero-order valence-corrected chi connectivity index (χ0v) is 20.9. The summed E-state index contributed by atoms with van der Waals surface area (Å²) in [6.45, 7) is 5.52. The highest BCUT2D eigenvalue weighted by molar-refractivity contribution is 6.20. The van der Waals surface area contributed by atoms with Crippen LogP contribution in [0.3, 0.4) is 0 Å². The number of likely N-dealkylation sites (N-methyl/N-ethyl adjacent to an activating group) is 1. The fraction of sp³-hybridized carbons (Fsp3) is 0.241. The monoisotopic (exact) mass is 482 g/mol. The SMILES string of the molecule is Cc1ccc(C)c(CC(=O)N[C@@H](C)C(=O)N[C@H]2N=C(c3ccccc3)c3ccccc3N(C)C2=O)c1. The summed E-state index contributed by atoms with van der Waals surface area (Å²) < 4.78 is 0. The van der Waals surface area contributed by atoms with Crippen molar-refractivity contribution in [2.24, 2.45) is 4.99 Å². The van der Waals surface area contributed by atoms with E-state index >= 15 is 0 Å². The number of nitrogens with one attached hydrogen (secondary N) is 2. The maximum Gasteiger partial charge on any atom is 0.272 e. The highest BCUT2D eigenvalue weighted by atomic mass is 16.2. The molecule has 1 aliphatic rings. The molecule has 3 aromatic rings. The Morgan fingerprint density at radius 3 is 2.44 bits per heavy atom. The molecular formula is C29H30N4O3. The summed E-state index contributed by atoms with van der Waals surface area (Å²) in [6, 6.07) is 22.2. The van der Waals surface area contributed by atoms with Crippen LogP contribution in [-0.4, -0.2) is 42.7 Å². The second-order valence-electron chi connectivity index (χ2n) is 9.07. The first-order chi connectivity index (χ1) is 17.2. The van der Waals surface area contributed by atoms with Crippen LogP contribution in [-0.2, 0) is 20.8 Å². The van der Waals surface area contributed by atoms with Gasteiger partial charge in [0.25, 0.3) is 5.91 Å². The number of aliphatic imine (C=N–C) groups is 1. The van der Waals surface area contributed by atoms with Crippen molar-refractivity contribution in [1.29, 1.82) is 0 Å². The minimum Gasteiger partial charge on any atom is -0.344 e. The molecule has 0 aliphatic carbocycles. The lowest BCUT2D eigenvalue weighted by atomic mass is 10.0. The van der Waals surface area contributed by atoms with Crippen molar-refractivity contribution >= 4 is 29.1 Å². The van der Waals surface area contributed by atoms with E-state index < -0.39 is 18.1 Å². The van der Waals surface area contributed by atoms with Crippen LogP contribution in [0.4, 0.5) is 5.69 Å².